The van der Waals surface area contributed by atoms with Crippen LogP contribution in [0, 0.1) is 5.92 Å². The zero-order chi connectivity index (χ0) is 26.1. The van der Waals surface area contributed by atoms with Gasteiger partial charge in [0, 0.05) is 6.42 Å². The van der Waals surface area contributed by atoms with Crippen LogP contribution < -0.4 is 10.1 Å². The fraction of sp³-hybridized carbons (Fsp3) is 0.310. The summed E-state index contributed by atoms with van der Waals surface area (Å²) < 4.78 is 5.29. The van der Waals surface area contributed by atoms with Crippen molar-refractivity contribution in [3.63, 3.8) is 0 Å². The molecule has 8 nitrogen and oxygen atoms in total. The predicted octanol–water partition coefficient (Wildman–Crippen LogP) is 4.49. The molecule has 5 rings (SSSR count). The van der Waals surface area contributed by atoms with Crippen LogP contribution in [0.15, 0.2) is 71.8 Å². The van der Waals surface area contributed by atoms with Crippen molar-refractivity contribution < 1.29 is 19.1 Å². The van der Waals surface area contributed by atoms with E-state index >= 15 is 0 Å². The van der Waals surface area contributed by atoms with Gasteiger partial charge in [-0.25, -0.2) is 9.80 Å². The number of fused-ring (bicyclic) bond motifs is 1. The van der Waals surface area contributed by atoms with Gasteiger partial charge in [0.2, 0.25) is 0 Å². The number of methoxy groups -OCH3 is 1. The van der Waals surface area contributed by atoms with Crippen molar-refractivity contribution in [2.24, 2.45) is 11.0 Å². The average Bonchev–Trinajstić information content (AvgIpc) is 3.45. The molecule has 0 saturated carbocycles. The molecule has 3 aromatic carbocycles. The van der Waals surface area contributed by atoms with E-state index in [4.69, 9.17) is 9.84 Å². The molecule has 0 bridgehead atoms. The third-order valence-corrected chi connectivity index (χ3v) is 6.86. The lowest BCUT2D eigenvalue weighted by Crippen LogP contribution is -2.41. The van der Waals surface area contributed by atoms with Crippen molar-refractivity contribution >= 4 is 34.3 Å². The molecule has 2 aliphatic heterocycles. The zero-order valence-corrected chi connectivity index (χ0v) is 21.2. The first-order valence-corrected chi connectivity index (χ1v) is 12.5. The lowest BCUT2D eigenvalue weighted by molar-refractivity contribution is -0.138. The molecular weight excluding hydrogens is 468 g/mol. The van der Waals surface area contributed by atoms with E-state index in [0.29, 0.717) is 18.6 Å². The van der Waals surface area contributed by atoms with Crippen LogP contribution in [-0.2, 0) is 9.59 Å². The zero-order valence-electron chi connectivity index (χ0n) is 21.2. The number of hydrogen-bond donors (Lipinski definition) is 1. The van der Waals surface area contributed by atoms with E-state index in [1.807, 2.05) is 68.4 Å². The van der Waals surface area contributed by atoms with E-state index in [9.17, 15) is 14.4 Å². The molecule has 8 heteroatoms. The minimum absolute atomic E-state index is 0.233. The van der Waals surface area contributed by atoms with Crippen LogP contribution in [-0.4, -0.2) is 53.2 Å². The summed E-state index contributed by atoms with van der Waals surface area (Å²) >= 11 is 0. The second kappa shape index (κ2) is 10.0. The molecule has 190 valence electrons. The fourth-order valence-electron chi connectivity index (χ4n) is 4.93. The fourth-order valence-corrected chi connectivity index (χ4v) is 4.93. The summed E-state index contributed by atoms with van der Waals surface area (Å²) in [4.78, 5) is 39.9. The normalized spacial score (nSPS) is 19.5. The smallest absolute Gasteiger partial charge is 0.325 e. The molecule has 2 atom stereocenters. The number of amides is 4. The van der Waals surface area contributed by atoms with Crippen LogP contribution in [0.4, 0.5) is 4.79 Å². The van der Waals surface area contributed by atoms with Crippen LogP contribution >= 0.6 is 0 Å². The number of benzene rings is 3. The van der Waals surface area contributed by atoms with E-state index in [0.717, 1.165) is 32.5 Å². The van der Waals surface area contributed by atoms with E-state index < -0.39 is 18.0 Å². The minimum atomic E-state index is -0.604. The predicted molar refractivity (Wildman–Crippen MR) is 141 cm³/mol. The van der Waals surface area contributed by atoms with E-state index in [1.54, 1.807) is 7.11 Å². The number of carbonyl (C=O) groups excluding carboxylic acids is 3. The van der Waals surface area contributed by atoms with Gasteiger partial charge >= 0.3 is 6.03 Å². The Morgan fingerprint density at radius 2 is 1.78 bits per heavy atom. The Balaban J connectivity index is 1.44. The van der Waals surface area contributed by atoms with Gasteiger partial charge in [0.05, 0.1) is 18.9 Å². The maximum Gasteiger partial charge on any atom is 0.325 e. The number of urea groups is 1. The Hall–Kier alpha value is -4.20. The van der Waals surface area contributed by atoms with Crippen molar-refractivity contribution in [3.8, 4) is 5.75 Å². The molecule has 2 heterocycles. The second-order valence-corrected chi connectivity index (χ2v) is 9.90. The van der Waals surface area contributed by atoms with Gasteiger partial charge in [-0.2, -0.15) is 5.10 Å². The highest BCUT2D eigenvalue weighted by atomic mass is 16.5. The third-order valence-electron chi connectivity index (χ3n) is 6.86. The number of ether oxygens (including phenoxy) is 1. The number of rotatable bonds is 7. The summed E-state index contributed by atoms with van der Waals surface area (Å²) in [6.45, 7) is 3.61. The standard InChI is InChI=1S/C29H30N4O4/c1-18(2)14-25-28(35)32(29(36)30-25)17-27(34)33-26(20-10-12-23(37-3)13-11-20)16-24(31-33)22-9-8-19-6-4-5-7-21(19)15-22/h4-13,15,18,25-26H,14,16-17H2,1-3H3,(H,30,36)/t25-,26-/m1/s1. The van der Waals surface area contributed by atoms with Gasteiger partial charge in [-0.3, -0.25) is 14.5 Å². The van der Waals surface area contributed by atoms with Crippen molar-refractivity contribution in [1.29, 1.82) is 0 Å². The summed E-state index contributed by atoms with van der Waals surface area (Å²) in [6, 6.07) is 20.2. The lowest BCUT2D eigenvalue weighted by Gasteiger charge is -2.24. The van der Waals surface area contributed by atoms with Crippen molar-refractivity contribution in [1.82, 2.24) is 15.2 Å². The van der Waals surface area contributed by atoms with E-state index in [-0.39, 0.29) is 24.4 Å². The first-order chi connectivity index (χ1) is 17.8. The number of hydrogen-bond acceptors (Lipinski definition) is 5. The Labute approximate surface area is 215 Å². The largest absolute Gasteiger partial charge is 0.497 e. The maximum absolute atomic E-state index is 13.5. The van der Waals surface area contributed by atoms with Gasteiger partial charge < -0.3 is 10.1 Å². The highest BCUT2D eigenvalue weighted by molar-refractivity contribution is 6.08. The average molecular weight is 499 g/mol. The Morgan fingerprint density at radius 1 is 1.05 bits per heavy atom. The molecule has 0 aliphatic carbocycles. The van der Waals surface area contributed by atoms with Gasteiger partial charge in [-0.05, 0) is 52.4 Å². The van der Waals surface area contributed by atoms with Gasteiger partial charge in [-0.1, -0.05) is 62.4 Å². The molecule has 1 N–H and O–H groups in total. The molecule has 0 aromatic heterocycles. The van der Waals surface area contributed by atoms with Crippen LogP contribution in [0.5, 0.6) is 5.75 Å². The molecule has 1 saturated heterocycles. The molecule has 0 spiro atoms. The first-order valence-electron chi connectivity index (χ1n) is 12.5. The minimum Gasteiger partial charge on any atom is -0.497 e. The number of imide groups is 1. The topological polar surface area (TPSA) is 91.3 Å². The van der Waals surface area contributed by atoms with Crippen molar-refractivity contribution in [2.45, 2.75) is 38.8 Å². The Kier molecular flexibility index (Phi) is 6.65. The molecule has 1 fully saturated rings. The van der Waals surface area contributed by atoms with E-state index in [1.165, 1.54) is 5.01 Å². The number of nitrogens with zero attached hydrogens (tertiary/aromatic N) is 3. The van der Waals surface area contributed by atoms with Gasteiger partial charge in [0.25, 0.3) is 11.8 Å². The summed E-state index contributed by atoms with van der Waals surface area (Å²) in [5.74, 6) is 0.166. The van der Waals surface area contributed by atoms with Crippen LogP contribution in [0.1, 0.15) is 43.9 Å². The maximum atomic E-state index is 13.5. The van der Waals surface area contributed by atoms with Gasteiger partial charge in [0.15, 0.2) is 0 Å². The first kappa shape index (κ1) is 24.5. The molecule has 37 heavy (non-hydrogen) atoms. The van der Waals surface area contributed by atoms with Crippen LogP contribution in [0.2, 0.25) is 0 Å². The van der Waals surface area contributed by atoms with Gasteiger partial charge in [0.1, 0.15) is 18.3 Å². The molecule has 2 aliphatic rings. The monoisotopic (exact) mass is 498 g/mol. The summed E-state index contributed by atoms with van der Waals surface area (Å²) in [5, 5.41) is 11.1. The molecule has 0 radical (unpaired) electrons. The van der Waals surface area contributed by atoms with Crippen LogP contribution in [0.25, 0.3) is 10.8 Å². The molecule has 3 aromatic rings. The number of nitrogens with one attached hydrogen (secondary N) is 1. The summed E-state index contributed by atoms with van der Waals surface area (Å²) in [6.07, 6.45) is 1.03. The van der Waals surface area contributed by atoms with E-state index in [2.05, 4.69) is 17.4 Å². The van der Waals surface area contributed by atoms with Crippen LogP contribution in [0.3, 0.4) is 0 Å². The van der Waals surface area contributed by atoms with Crippen molar-refractivity contribution in [2.75, 3.05) is 13.7 Å². The lowest BCUT2D eigenvalue weighted by atomic mass is 9.97. The molecular formula is C29H30N4O4. The quantitative estimate of drug-likeness (QED) is 0.486. The van der Waals surface area contributed by atoms with Crippen molar-refractivity contribution in [3.05, 3.63) is 77.9 Å². The number of hydrazone groups is 1. The Morgan fingerprint density at radius 3 is 2.49 bits per heavy atom. The Bertz CT molecular complexity index is 1380. The third kappa shape index (κ3) is 4.91. The molecule has 0 unspecified atom stereocenters. The van der Waals surface area contributed by atoms with Gasteiger partial charge in [-0.15, -0.1) is 0 Å². The summed E-state index contributed by atoms with van der Waals surface area (Å²) in [5.41, 5.74) is 2.60. The molecule has 4 amide bonds. The highest BCUT2D eigenvalue weighted by Crippen LogP contribution is 2.34. The summed E-state index contributed by atoms with van der Waals surface area (Å²) in [7, 11) is 1.60. The highest BCUT2D eigenvalue weighted by Gasteiger charge is 2.41. The number of carbonyl (C=O) groups is 3. The second-order valence-electron chi connectivity index (χ2n) is 9.90. The SMILES string of the molecule is COc1ccc([C@H]2CC(c3ccc4ccccc4c3)=NN2C(=O)CN2C(=O)N[C@H](CC(C)C)C2=O)cc1.